The average Bonchev–Trinajstić information content (AvgIpc) is 3.01. The molecule has 1 heterocycles. The van der Waals surface area contributed by atoms with Gasteiger partial charge in [0, 0.05) is 10.6 Å². The minimum Gasteiger partial charge on any atom is -0.497 e. The molecule has 3 aromatic rings. The molecule has 2 amide bonds. The van der Waals surface area contributed by atoms with Crippen LogP contribution in [-0.2, 0) is 9.59 Å². The molecule has 0 radical (unpaired) electrons. The van der Waals surface area contributed by atoms with Crippen molar-refractivity contribution in [3.8, 4) is 5.75 Å². The second-order valence-electron chi connectivity index (χ2n) is 6.52. The molecule has 3 aromatic carbocycles. The molecule has 0 bridgehead atoms. The van der Waals surface area contributed by atoms with Crippen LogP contribution in [0.4, 0.5) is 11.4 Å². The summed E-state index contributed by atoms with van der Waals surface area (Å²) < 4.78 is 5.18. The third-order valence-corrected chi connectivity index (χ3v) is 6.35. The summed E-state index contributed by atoms with van der Waals surface area (Å²) in [5.41, 5.74) is 1.19. The smallest absolute Gasteiger partial charge is 0.283 e. The lowest BCUT2D eigenvalue weighted by Crippen LogP contribution is -2.32. The molecule has 0 unspecified atom stereocenters. The van der Waals surface area contributed by atoms with Crippen molar-refractivity contribution in [1.82, 2.24) is 0 Å². The Bertz CT molecular complexity index is 1180. The van der Waals surface area contributed by atoms with Crippen LogP contribution >= 0.6 is 35.0 Å². The normalized spacial score (nSPS) is 13.7. The van der Waals surface area contributed by atoms with Crippen molar-refractivity contribution in [2.75, 3.05) is 17.3 Å². The fraction of sp³-hybridized carbons (Fsp3) is 0.0435. The Morgan fingerprint density at radius 1 is 0.871 bits per heavy atom. The quantitative estimate of drug-likeness (QED) is 0.448. The van der Waals surface area contributed by atoms with Crippen molar-refractivity contribution in [2.45, 2.75) is 4.90 Å². The van der Waals surface area contributed by atoms with Crippen molar-refractivity contribution < 1.29 is 14.3 Å². The molecule has 5 nitrogen and oxygen atoms in total. The van der Waals surface area contributed by atoms with Crippen molar-refractivity contribution in [3.63, 3.8) is 0 Å². The van der Waals surface area contributed by atoms with Crippen LogP contribution in [-0.4, -0.2) is 18.9 Å². The maximum atomic E-state index is 13.3. The standard InChI is InChI=1S/C23H16Cl2N2O3S/c1-30-16-10-7-14(8-11-16)26-20-21(31-17-5-3-2-4-6-17)23(29)27(22(20)28)15-9-12-18(24)19(25)13-15/h2-13,26H,1H3. The number of amides is 2. The SMILES string of the molecule is COc1ccc(NC2=C(Sc3ccccc3)C(=O)N(c3ccc(Cl)c(Cl)c3)C2=O)cc1. The Kier molecular flexibility index (Phi) is 6.23. The number of nitrogens with zero attached hydrogens (tertiary/aromatic N) is 1. The molecule has 0 saturated carbocycles. The summed E-state index contributed by atoms with van der Waals surface area (Å²) in [6.45, 7) is 0. The first-order chi connectivity index (χ1) is 15.0. The van der Waals surface area contributed by atoms with E-state index in [0.717, 1.165) is 9.80 Å². The first kappa shape index (κ1) is 21.3. The molecular formula is C23H16Cl2N2O3S. The van der Waals surface area contributed by atoms with Gasteiger partial charge in [-0.2, -0.15) is 0 Å². The predicted molar refractivity (Wildman–Crippen MR) is 125 cm³/mol. The predicted octanol–water partition coefficient (Wildman–Crippen LogP) is 5.99. The highest BCUT2D eigenvalue weighted by Gasteiger charge is 2.40. The van der Waals surface area contributed by atoms with E-state index in [0.29, 0.717) is 22.1 Å². The van der Waals surface area contributed by atoms with E-state index in [-0.39, 0.29) is 15.6 Å². The maximum absolute atomic E-state index is 13.3. The fourth-order valence-electron chi connectivity index (χ4n) is 3.00. The van der Waals surface area contributed by atoms with Crippen molar-refractivity contribution in [3.05, 3.63) is 93.4 Å². The van der Waals surface area contributed by atoms with Gasteiger partial charge in [0.2, 0.25) is 0 Å². The Balaban J connectivity index is 1.73. The van der Waals surface area contributed by atoms with Crippen LogP contribution in [0, 0.1) is 0 Å². The summed E-state index contributed by atoms with van der Waals surface area (Å²) in [6, 6.07) is 21.1. The second kappa shape index (κ2) is 9.06. The number of carbonyl (C=O) groups excluding carboxylic acids is 2. The zero-order chi connectivity index (χ0) is 22.0. The summed E-state index contributed by atoms with van der Waals surface area (Å²) >= 11 is 13.3. The fourth-order valence-corrected chi connectivity index (χ4v) is 4.24. The molecule has 8 heteroatoms. The lowest BCUT2D eigenvalue weighted by Gasteiger charge is -2.16. The number of carbonyl (C=O) groups is 2. The highest BCUT2D eigenvalue weighted by molar-refractivity contribution is 8.04. The number of ether oxygens (including phenoxy) is 1. The number of anilines is 2. The van der Waals surface area contributed by atoms with Gasteiger partial charge in [-0.05, 0) is 54.6 Å². The number of thioether (sulfide) groups is 1. The summed E-state index contributed by atoms with van der Waals surface area (Å²) in [6.07, 6.45) is 0. The Morgan fingerprint density at radius 3 is 2.23 bits per heavy atom. The number of benzene rings is 3. The number of halogens is 2. The van der Waals surface area contributed by atoms with Gasteiger partial charge in [-0.25, -0.2) is 4.90 Å². The molecule has 0 saturated heterocycles. The minimum atomic E-state index is -0.474. The minimum absolute atomic E-state index is 0.190. The van der Waals surface area contributed by atoms with Crippen LogP contribution in [0.25, 0.3) is 0 Å². The zero-order valence-corrected chi connectivity index (χ0v) is 18.6. The molecule has 1 aliphatic rings. The van der Waals surface area contributed by atoms with E-state index >= 15 is 0 Å². The van der Waals surface area contributed by atoms with Crippen LogP contribution in [0.2, 0.25) is 10.0 Å². The van der Waals surface area contributed by atoms with Gasteiger partial charge in [0.15, 0.2) is 0 Å². The molecule has 31 heavy (non-hydrogen) atoms. The van der Waals surface area contributed by atoms with E-state index < -0.39 is 11.8 Å². The first-order valence-corrected chi connectivity index (χ1v) is 10.8. The summed E-state index contributed by atoms with van der Waals surface area (Å²) in [5.74, 6) is -0.226. The molecule has 0 aromatic heterocycles. The van der Waals surface area contributed by atoms with E-state index in [2.05, 4.69) is 5.32 Å². The molecule has 156 valence electrons. The van der Waals surface area contributed by atoms with Crippen LogP contribution in [0.3, 0.4) is 0 Å². The van der Waals surface area contributed by atoms with E-state index in [4.69, 9.17) is 27.9 Å². The number of methoxy groups -OCH3 is 1. The van der Waals surface area contributed by atoms with E-state index in [1.54, 1.807) is 43.5 Å². The van der Waals surface area contributed by atoms with Crippen molar-refractivity contribution in [1.29, 1.82) is 0 Å². The third-order valence-electron chi connectivity index (χ3n) is 4.53. The van der Waals surface area contributed by atoms with Crippen molar-refractivity contribution in [2.24, 2.45) is 0 Å². The third kappa shape index (κ3) is 4.42. The number of hydrogen-bond acceptors (Lipinski definition) is 5. The van der Waals surface area contributed by atoms with E-state index in [1.165, 1.54) is 17.8 Å². The number of imide groups is 1. The van der Waals surface area contributed by atoms with Crippen LogP contribution < -0.4 is 15.0 Å². The molecular weight excluding hydrogens is 455 g/mol. The van der Waals surface area contributed by atoms with Crippen LogP contribution in [0.5, 0.6) is 5.75 Å². The molecule has 0 aliphatic carbocycles. The second-order valence-corrected chi connectivity index (χ2v) is 8.42. The topological polar surface area (TPSA) is 58.6 Å². The van der Waals surface area contributed by atoms with E-state index in [1.807, 2.05) is 30.3 Å². The maximum Gasteiger partial charge on any atom is 0.283 e. The highest BCUT2D eigenvalue weighted by Crippen LogP contribution is 2.39. The lowest BCUT2D eigenvalue weighted by molar-refractivity contribution is -0.120. The molecule has 1 aliphatic heterocycles. The zero-order valence-electron chi connectivity index (χ0n) is 16.3. The van der Waals surface area contributed by atoms with Crippen LogP contribution in [0.15, 0.2) is 88.3 Å². The molecule has 0 spiro atoms. The van der Waals surface area contributed by atoms with E-state index in [9.17, 15) is 9.59 Å². The number of rotatable bonds is 6. The molecule has 0 fully saturated rings. The van der Waals surface area contributed by atoms with Crippen molar-refractivity contribution >= 4 is 58.2 Å². The molecule has 0 atom stereocenters. The Labute approximate surface area is 193 Å². The number of nitrogens with one attached hydrogen (secondary N) is 1. The van der Waals surface area contributed by atoms with Gasteiger partial charge >= 0.3 is 0 Å². The monoisotopic (exact) mass is 470 g/mol. The van der Waals surface area contributed by atoms with Gasteiger partial charge in [0.25, 0.3) is 11.8 Å². The number of hydrogen-bond donors (Lipinski definition) is 1. The lowest BCUT2D eigenvalue weighted by atomic mass is 10.2. The van der Waals surface area contributed by atoms with Gasteiger partial charge < -0.3 is 10.1 Å². The Hall–Kier alpha value is -2.93. The van der Waals surface area contributed by atoms with Gasteiger partial charge in [0.05, 0.1) is 22.8 Å². The Morgan fingerprint density at radius 2 is 1.58 bits per heavy atom. The van der Waals surface area contributed by atoms with Gasteiger partial charge in [-0.3, -0.25) is 9.59 Å². The van der Waals surface area contributed by atoms with Gasteiger partial charge in [-0.1, -0.05) is 53.2 Å². The average molecular weight is 471 g/mol. The first-order valence-electron chi connectivity index (χ1n) is 9.20. The molecule has 4 rings (SSSR count). The van der Waals surface area contributed by atoms with Gasteiger partial charge in [0.1, 0.15) is 16.4 Å². The summed E-state index contributed by atoms with van der Waals surface area (Å²) in [7, 11) is 1.58. The van der Waals surface area contributed by atoms with Crippen LogP contribution in [0.1, 0.15) is 0 Å². The largest absolute Gasteiger partial charge is 0.497 e. The highest BCUT2D eigenvalue weighted by atomic mass is 35.5. The summed E-state index contributed by atoms with van der Waals surface area (Å²) in [4.78, 5) is 28.8. The molecule has 1 N–H and O–H groups in total. The van der Waals surface area contributed by atoms with Gasteiger partial charge in [-0.15, -0.1) is 0 Å². The summed E-state index contributed by atoms with van der Waals surface area (Å²) in [5, 5.41) is 3.70.